The molecule has 6 nitrogen and oxygen atoms in total. The van der Waals surface area contributed by atoms with Crippen LogP contribution in [0.3, 0.4) is 0 Å². The minimum absolute atomic E-state index is 0.0302. The number of hydrogen-bond acceptors (Lipinski definition) is 4. The summed E-state index contributed by atoms with van der Waals surface area (Å²) >= 11 is 0. The lowest BCUT2D eigenvalue weighted by Gasteiger charge is -2.30. The molecule has 0 aliphatic carbocycles. The predicted octanol–water partition coefficient (Wildman–Crippen LogP) is 4.24. The number of anilines is 2. The summed E-state index contributed by atoms with van der Waals surface area (Å²) in [5.41, 5.74) is 12.1. The van der Waals surface area contributed by atoms with Crippen molar-refractivity contribution in [2.75, 3.05) is 36.4 Å². The number of amides is 2. The molecule has 0 spiro atoms. The molecule has 0 radical (unpaired) electrons. The molecule has 1 fully saturated rings. The quantitative estimate of drug-likeness (QED) is 0.528. The molecular formula is C30H34N4O2. The number of hydrogen-bond donors (Lipinski definition) is 2. The summed E-state index contributed by atoms with van der Waals surface area (Å²) < 4.78 is 0. The molecule has 2 heterocycles. The van der Waals surface area contributed by atoms with Crippen molar-refractivity contribution >= 4 is 23.2 Å². The van der Waals surface area contributed by atoms with Crippen molar-refractivity contribution in [1.82, 2.24) is 4.90 Å². The maximum absolute atomic E-state index is 12.8. The van der Waals surface area contributed by atoms with E-state index in [0.717, 1.165) is 69.8 Å². The molecular weight excluding hydrogens is 448 g/mol. The standard InChI is InChI=1S/C30H34N4O2/c31-29(35)24-14-18-33(19-15-24)17-13-22-5-9-27(10-6-22)32-30(36)25-7-11-28(12-8-25)34-20-16-23-3-1-2-4-26(23)21-34/h1-12,24H,13-21H2,(H2,31,35)(H,32,36). The number of nitrogens with one attached hydrogen (secondary N) is 1. The molecule has 2 amide bonds. The van der Waals surface area contributed by atoms with E-state index in [1.807, 2.05) is 36.4 Å². The van der Waals surface area contributed by atoms with Crippen LogP contribution in [0.4, 0.5) is 11.4 Å². The number of likely N-dealkylation sites (tertiary alicyclic amines) is 1. The lowest BCUT2D eigenvalue weighted by atomic mass is 9.96. The van der Waals surface area contributed by atoms with E-state index in [-0.39, 0.29) is 17.7 Å². The molecule has 6 heteroatoms. The Morgan fingerprint density at radius 2 is 1.56 bits per heavy atom. The van der Waals surface area contributed by atoms with Crippen LogP contribution in [-0.4, -0.2) is 42.9 Å². The van der Waals surface area contributed by atoms with Gasteiger partial charge in [0.1, 0.15) is 0 Å². The summed E-state index contributed by atoms with van der Waals surface area (Å²) in [5.74, 6) is -0.241. The predicted molar refractivity (Wildman–Crippen MR) is 144 cm³/mol. The second kappa shape index (κ2) is 11.0. The van der Waals surface area contributed by atoms with Gasteiger partial charge in [0.15, 0.2) is 0 Å². The zero-order chi connectivity index (χ0) is 24.9. The third kappa shape index (κ3) is 5.77. The van der Waals surface area contributed by atoms with Gasteiger partial charge < -0.3 is 20.9 Å². The molecule has 2 aliphatic heterocycles. The molecule has 5 rings (SSSR count). The van der Waals surface area contributed by atoms with Crippen molar-refractivity contribution in [3.8, 4) is 0 Å². The minimum atomic E-state index is -0.170. The van der Waals surface area contributed by atoms with E-state index in [9.17, 15) is 9.59 Å². The number of nitrogens with two attached hydrogens (primary N) is 1. The van der Waals surface area contributed by atoms with Crippen LogP contribution >= 0.6 is 0 Å². The average Bonchev–Trinajstić information content (AvgIpc) is 2.92. The fourth-order valence-electron chi connectivity index (χ4n) is 5.23. The topological polar surface area (TPSA) is 78.7 Å². The highest BCUT2D eigenvalue weighted by Gasteiger charge is 2.22. The van der Waals surface area contributed by atoms with Gasteiger partial charge in [-0.2, -0.15) is 0 Å². The Labute approximate surface area is 213 Å². The van der Waals surface area contributed by atoms with Gasteiger partial charge in [-0.15, -0.1) is 0 Å². The lowest BCUT2D eigenvalue weighted by Crippen LogP contribution is -2.39. The first-order valence-corrected chi connectivity index (χ1v) is 12.9. The van der Waals surface area contributed by atoms with Gasteiger partial charge in [-0.3, -0.25) is 9.59 Å². The van der Waals surface area contributed by atoms with Crippen molar-refractivity contribution in [1.29, 1.82) is 0 Å². The van der Waals surface area contributed by atoms with Crippen molar-refractivity contribution in [2.45, 2.75) is 32.2 Å². The second-order valence-corrected chi connectivity index (χ2v) is 9.91. The van der Waals surface area contributed by atoms with Crippen molar-refractivity contribution < 1.29 is 9.59 Å². The number of carbonyl (C=O) groups excluding carboxylic acids is 2. The largest absolute Gasteiger partial charge is 0.369 e. The fourth-order valence-corrected chi connectivity index (χ4v) is 5.23. The van der Waals surface area contributed by atoms with E-state index >= 15 is 0 Å². The monoisotopic (exact) mass is 482 g/mol. The Morgan fingerprint density at radius 1 is 0.861 bits per heavy atom. The summed E-state index contributed by atoms with van der Waals surface area (Å²) in [7, 11) is 0. The van der Waals surface area contributed by atoms with Gasteiger partial charge in [0.25, 0.3) is 5.91 Å². The van der Waals surface area contributed by atoms with Gasteiger partial charge in [-0.25, -0.2) is 0 Å². The maximum Gasteiger partial charge on any atom is 0.255 e. The van der Waals surface area contributed by atoms with E-state index in [1.54, 1.807) is 0 Å². The van der Waals surface area contributed by atoms with Gasteiger partial charge in [0.2, 0.25) is 5.91 Å². The number of rotatable bonds is 7. The van der Waals surface area contributed by atoms with Gasteiger partial charge in [0, 0.05) is 42.5 Å². The molecule has 3 N–H and O–H groups in total. The number of primary amides is 1. The first kappa shape index (κ1) is 24.1. The highest BCUT2D eigenvalue weighted by Crippen LogP contribution is 2.25. The smallest absolute Gasteiger partial charge is 0.255 e. The Hall–Kier alpha value is -3.64. The lowest BCUT2D eigenvalue weighted by molar-refractivity contribution is -0.123. The highest BCUT2D eigenvalue weighted by atomic mass is 16.2. The van der Waals surface area contributed by atoms with Crippen LogP contribution in [0.1, 0.15) is 39.9 Å². The highest BCUT2D eigenvalue weighted by molar-refractivity contribution is 6.04. The zero-order valence-electron chi connectivity index (χ0n) is 20.7. The van der Waals surface area contributed by atoms with E-state index in [2.05, 4.69) is 51.5 Å². The number of carbonyl (C=O) groups is 2. The summed E-state index contributed by atoms with van der Waals surface area (Å²) in [6, 6.07) is 24.6. The van der Waals surface area contributed by atoms with Crippen LogP contribution in [0.5, 0.6) is 0 Å². The van der Waals surface area contributed by atoms with Crippen molar-refractivity contribution in [3.63, 3.8) is 0 Å². The summed E-state index contributed by atoms with van der Waals surface area (Å²) in [5, 5.41) is 3.01. The van der Waals surface area contributed by atoms with Crippen LogP contribution < -0.4 is 16.0 Å². The third-order valence-corrected chi connectivity index (χ3v) is 7.54. The summed E-state index contributed by atoms with van der Waals surface area (Å²) in [6.45, 7) is 4.70. The number of fused-ring (bicyclic) bond motifs is 1. The Balaban J connectivity index is 1.11. The summed E-state index contributed by atoms with van der Waals surface area (Å²) in [6.07, 6.45) is 3.70. The molecule has 186 valence electrons. The first-order chi connectivity index (χ1) is 17.5. The number of piperidine rings is 1. The molecule has 3 aromatic rings. The van der Waals surface area contributed by atoms with E-state index < -0.39 is 0 Å². The van der Waals surface area contributed by atoms with E-state index in [0.29, 0.717) is 5.56 Å². The molecule has 0 aromatic heterocycles. The van der Waals surface area contributed by atoms with Gasteiger partial charge in [0.05, 0.1) is 0 Å². The molecule has 0 atom stereocenters. The van der Waals surface area contributed by atoms with E-state index in [4.69, 9.17) is 5.73 Å². The Kier molecular flexibility index (Phi) is 7.33. The molecule has 0 bridgehead atoms. The molecule has 2 aliphatic rings. The minimum Gasteiger partial charge on any atom is -0.369 e. The van der Waals surface area contributed by atoms with Crippen molar-refractivity contribution in [3.05, 3.63) is 95.1 Å². The van der Waals surface area contributed by atoms with Gasteiger partial charge in [-0.1, -0.05) is 36.4 Å². The number of nitrogens with zero attached hydrogens (tertiary/aromatic N) is 2. The SMILES string of the molecule is NC(=O)C1CCN(CCc2ccc(NC(=O)c3ccc(N4CCc5ccccc5C4)cc3)cc2)CC1. The van der Waals surface area contributed by atoms with E-state index in [1.165, 1.54) is 16.7 Å². The van der Waals surface area contributed by atoms with Crippen LogP contribution in [0.25, 0.3) is 0 Å². The molecule has 0 unspecified atom stereocenters. The van der Waals surface area contributed by atoms with Crippen LogP contribution in [0.15, 0.2) is 72.8 Å². The Bertz CT molecular complexity index is 1200. The van der Waals surface area contributed by atoms with Crippen LogP contribution in [0.2, 0.25) is 0 Å². The zero-order valence-corrected chi connectivity index (χ0v) is 20.7. The molecule has 1 saturated heterocycles. The maximum atomic E-state index is 12.8. The van der Waals surface area contributed by atoms with Crippen LogP contribution in [0, 0.1) is 5.92 Å². The van der Waals surface area contributed by atoms with Crippen LogP contribution in [-0.2, 0) is 24.2 Å². The first-order valence-electron chi connectivity index (χ1n) is 12.9. The summed E-state index contributed by atoms with van der Waals surface area (Å²) in [4.78, 5) is 28.9. The van der Waals surface area contributed by atoms with Gasteiger partial charge >= 0.3 is 0 Å². The molecule has 36 heavy (non-hydrogen) atoms. The third-order valence-electron chi connectivity index (χ3n) is 7.54. The molecule has 0 saturated carbocycles. The molecule has 3 aromatic carbocycles. The normalized spacial score (nSPS) is 16.4. The average molecular weight is 483 g/mol. The van der Waals surface area contributed by atoms with Gasteiger partial charge in [-0.05, 0) is 91.9 Å². The Morgan fingerprint density at radius 3 is 2.25 bits per heavy atom. The van der Waals surface area contributed by atoms with Crippen molar-refractivity contribution in [2.24, 2.45) is 11.7 Å². The fraction of sp³-hybridized carbons (Fsp3) is 0.333. The second-order valence-electron chi connectivity index (χ2n) is 9.91. The number of benzene rings is 3.